The molecule has 0 atom stereocenters. The van der Waals surface area contributed by atoms with Gasteiger partial charge in [0.1, 0.15) is 12.1 Å². The van der Waals surface area contributed by atoms with Gasteiger partial charge in [0.2, 0.25) is 0 Å². The predicted molar refractivity (Wildman–Crippen MR) is 104 cm³/mol. The molecule has 0 aliphatic rings. The number of nitrogens with one attached hydrogen (secondary N) is 1. The number of pyridine rings is 1. The summed E-state index contributed by atoms with van der Waals surface area (Å²) in [5, 5.41) is 3.42. The van der Waals surface area contributed by atoms with Crippen LogP contribution in [0.2, 0.25) is 0 Å². The van der Waals surface area contributed by atoms with Crippen molar-refractivity contribution in [2.24, 2.45) is 4.99 Å². The Labute approximate surface area is 154 Å². The number of imidazole rings is 1. The van der Waals surface area contributed by atoms with E-state index < -0.39 is 0 Å². The second-order valence-electron chi connectivity index (χ2n) is 6.20. The van der Waals surface area contributed by atoms with E-state index in [2.05, 4.69) is 62.4 Å². The second-order valence-corrected chi connectivity index (χ2v) is 6.20. The molecule has 0 saturated carbocycles. The number of hydrogen-bond donors (Lipinski definition) is 1. The summed E-state index contributed by atoms with van der Waals surface area (Å²) in [5.74, 6) is 1.71. The molecule has 0 unspecified atom stereocenters. The summed E-state index contributed by atoms with van der Waals surface area (Å²) in [6.07, 6.45) is 7.19. The predicted octanol–water partition coefficient (Wildman–Crippen LogP) is 2.78. The zero-order chi connectivity index (χ0) is 18.4. The van der Waals surface area contributed by atoms with Gasteiger partial charge >= 0.3 is 0 Å². The van der Waals surface area contributed by atoms with Crippen LogP contribution >= 0.6 is 0 Å². The lowest BCUT2D eigenvalue weighted by atomic mass is 10.1. The zero-order valence-corrected chi connectivity index (χ0v) is 15.4. The first-order valence-corrected chi connectivity index (χ1v) is 8.57. The Hall–Kier alpha value is -3.15. The maximum Gasteiger partial charge on any atom is 0.193 e. The van der Waals surface area contributed by atoms with Crippen LogP contribution < -0.4 is 5.32 Å². The van der Waals surface area contributed by atoms with E-state index in [1.807, 2.05) is 23.9 Å². The maximum atomic E-state index is 4.48. The number of aryl methyl sites for hydroxylation is 1. The fraction of sp³-hybridized carbons (Fsp3) is 0.250. The molecule has 0 aliphatic heterocycles. The van der Waals surface area contributed by atoms with Crippen LogP contribution in [0.4, 0.5) is 0 Å². The largest absolute Gasteiger partial charge is 0.352 e. The van der Waals surface area contributed by atoms with Gasteiger partial charge in [-0.1, -0.05) is 35.9 Å². The van der Waals surface area contributed by atoms with Crippen molar-refractivity contribution in [2.45, 2.75) is 20.0 Å². The van der Waals surface area contributed by atoms with Crippen molar-refractivity contribution in [2.75, 3.05) is 14.1 Å². The molecule has 0 fully saturated rings. The fourth-order valence-corrected chi connectivity index (χ4v) is 2.79. The second kappa shape index (κ2) is 8.29. The van der Waals surface area contributed by atoms with Gasteiger partial charge in [-0.3, -0.25) is 9.56 Å². The molecule has 2 heterocycles. The van der Waals surface area contributed by atoms with Crippen LogP contribution in [0.3, 0.4) is 0 Å². The number of rotatable bonds is 5. The molecule has 6 nitrogen and oxygen atoms in total. The van der Waals surface area contributed by atoms with Gasteiger partial charge in [-0.05, 0) is 18.6 Å². The van der Waals surface area contributed by atoms with Crippen LogP contribution in [0.1, 0.15) is 16.7 Å². The summed E-state index contributed by atoms with van der Waals surface area (Å²) in [5.41, 5.74) is 3.60. The fourth-order valence-electron chi connectivity index (χ4n) is 2.79. The van der Waals surface area contributed by atoms with Crippen LogP contribution in [0.5, 0.6) is 0 Å². The van der Waals surface area contributed by atoms with Gasteiger partial charge < -0.3 is 10.2 Å². The third-order valence-electron chi connectivity index (χ3n) is 4.17. The summed E-state index contributed by atoms with van der Waals surface area (Å²) in [7, 11) is 3.84. The van der Waals surface area contributed by atoms with E-state index >= 15 is 0 Å². The minimum absolute atomic E-state index is 0.631. The summed E-state index contributed by atoms with van der Waals surface area (Å²) in [4.78, 5) is 15.1. The van der Waals surface area contributed by atoms with Gasteiger partial charge in [-0.2, -0.15) is 0 Å². The number of benzene rings is 1. The Morgan fingerprint density at radius 3 is 2.69 bits per heavy atom. The van der Waals surface area contributed by atoms with Crippen LogP contribution in [0.25, 0.3) is 5.82 Å². The van der Waals surface area contributed by atoms with E-state index in [0.29, 0.717) is 6.54 Å². The van der Waals surface area contributed by atoms with E-state index in [4.69, 9.17) is 0 Å². The van der Waals surface area contributed by atoms with Crippen LogP contribution in [-0.4, -0.2) is 39.5 Å². The Morgan fingerprint density at radius 2 is 2.00 bits per heavy atom. The lowest BCUT2D eigenvalue weighted by Gasteiger charge is -2.22. The normalized spacial score (nSPS) is 11.4. The Bertz CT molecular complexity index is 852. The first-order valence-electron chi connectivity index (χ1n) is 8.57. The van der Waals surface area contributed by atoms with Crippen molar-refractivity contribution in [3.05, 3.63) is 78.0 Å². The van der Waals surface area contributed by atoms with Crippen LogP contribution in [-0.2, 0) is 13.1 Å². The monoisotopic (exact) mass is 348 g/mol. The molecule has 1 N–H and O–H groups in total. The molecule has 6 heteroatoms. The summed E-state index contributed by atoms with van der Waals surface area (Å²) in [6, 6.07) is 12.6. The minimum atomic E-state index is 0.631. The summed E-state index contributed by atoms with van der Waals surface area (Å²) in [6.45, 7) is 3.52. The third-order valence-corrected chi connectivity index (χ3v) is 4.17. The average Bonchev–Trinajstić information content (AvgIpc) is 3.19. The van der Waals surface area contributed by atoms with Crippen molar-refractivity contribution in [1.82, 2.24) is 24.8 Å². The lowest BCUT2D eigenvalue weighted by Crippen LogP contribution is -2.38. The van der Waals surface area contributed by atoms with E-state index in [-0.39, 0.29) is 0 Å². The lowest BCUT2D eigenvalue weighted by molar-refractivity contribution is 0.476. The number of guanidine groups is 1. The highest BCUT2D eigenvalue weighted by Gasteiger charge is 2.09. The number of aliphatic imine (C=N–C) groups is 1. The molecule has 26 heavy (non-hydrogen) atoms. The molecule has 3 rings (SSSR count). The Kier molecular flexibility index (Phi) is 5.63. The van der Waals surface area contributed by atoms with Gasteiger partial charge in [0.15, 0.2) is 5.96 Å². The van der Waals surface area contributed by atoms with Crippen molar-refractivity contribution in [3.8, 4) is 5.82 Å². The molecule has 0 spiro atoms. The average molecular weight is 348 g/mol. The molecule has 2 aromatic heterocycles. The Morgan fingerprint density at radius 1 is 1.19 bits per heavy atom. The maximum absolute atomic E-state index is 4.48. The van der Waals surface area contributed by atoms with E-state index in [9.17, 15) is 0 Å². The number of hydrogen-bond acceptors (Lipinski definition) is 3. The molecule has 0 amide bonds. The van der Waals surface area contributed by atoms with Gasteiger partial charge in [0.25, 0.3) is 0 Å². The standard InChI is InChI=1S/C20H24N6/c1-16-6-8-17(9-7-16)14-25(3)20(21-2)24-13-18-5-4-10-23-19(18)26-12-11-22-15-26/h4-12,15H,13-14H2,1-3H3,(H,21,24). The molecule has 0 saturated heterocycles. The Balaban J connectivity index is 1.67. The van der Waals surface area contributed by atoms with Gasteiger partial charge in [-0.25, -0.2) is 9.97 Å². The number of nitrogens with zero attached hydrogens (tertiary/aromatic N) is 5. The zero-order valence-electron chi connectivity index (χ0n) is 15.4. The van der Waals surface area contributed by atoms with Crippen LogP contribution in [0.15, 0.2) is 66.3 Å². The molecular formula is C20H24N6. The van der Waals surface area contributed by atoms with E-state index in [1.165, 1.54) is 11.1 Å². The molecular weight excluding hydrogens is 324 g/mol. The molecule has 1 aromatic carbocycles. The number of aromatic nitrogens is 3. The first-order chi connectivity index (χ1) is 12.7. The van der Waals surface area contributed by atoms with Gasteiger partial charge in [0, 0.05) is 51.3 Å². The van der Waals surface area contributed by atoms with E-state index in [0.717, 1.165) is 23.9 Å². The van der Waals surface area contributed by atoms with Gasteiger partial charge in [-0.15, -0.1) is 0 Å². The van der Waals surface area contributed by atoms with Crippen molar-refractivity contribution in [1.29, 1.82) is 0 Å². The van der Waals surface area contributed by atoms with Crippen LogP contribution in [0, 0.1) is 6.92 Å². The molecule has 0 aliphatic carbocycles. The highest BCUT2D eigenvalue weighted by molar-refractivity contribution is 5.79. The smallest absolute Gasteiger partial charge is 0.193 e. The van der Waals surface area contributed by atoms with Gasteiger partial charge in [0.05, 0.1) is 0 Å². The highest BCUT2D eigenvalue weighted by atomic mass is 15.3. The molecule has 134 valence electrons. The minimum Gasteiger partial charge on any atom is -0.352 e. The summed E-state index contributed by atoms with van der Waals surface area (Å²) < 4.78 is 1.91. The SMILES string of the molecule is CN=C(NCc1cccnc1-n1ccnc1)N(C)Cc1ccc(C)cc1. The summed E-state index contributed by atoms with van der Waals surface area (Å²) >= 11 is 0. The molecule has 3 aromatic rings. The first kappa shape index (κ1) is 17.7. The van der Waals surface area contributed by atoms with Crippen molar-refractivity contribution in [3.63, 3.8) is 0 Å². The topological polar surface area (TPSA) is 58.3 Å². The van der Waals surface area contributed by atoms with Crippen molar-refractivity contribution < 1.29 is 0 Å². The van der Waals surface area contributed by atoms with E-state index in [1.54, 1.807) is 25.8 Å². The van der Waals surface area contributed by atoms with Crippen molar-refractivity contribution >= 4 is 5.96 Å². The quantitative estimate of drug-likeness (QED) is 0.569. The highest BCUT2D eigenvalue weighted by Crippen LogP contribution is 2.11. The molecule has 0 bridgehead atoms. The third kappa shape index (κ3) is 4.27. The molecule has 0 radical (unpaired) electrons.